The Morgan fingerprint density at radius 1 is 1.15 bits per heavy atom. The molecule has 0 aliphatic carbocycles. The number of hydrogen-bond acceptors (Lipinski definition) is 3. The fraction of sp³-hybridized carbons (Fsp3) is 0.263. The summed E-state index contributed by atoms with van der Waals surface area (Å²) in [5.74, 6) is -0.580. The molecule has 7 heteroatoms. The van der Waals surface area contributed by atoms with Gasteiger partial charge in [0.1, 0.15) is 6.54 Å². The van der Waals surface area contributed by atoms with Crippen LogP contribution in [0.4, 0.5) is 0 Å². The van der Waals surface area contributed by atoms with Crippen molar-refractivity contribution in [3.8, 4) is 0 Å². The molecule has 26 heavy (non-hydrogen) atoms. The Balaban J connectivity index is 2.04. The molecule has 1 aliphatic heterocycles. The Morgan fingerprint density at radius 2 is 1.85 bits per heavy atom. The average Bonchev–Trinajstić information content (AvgIpc) is 2.91. The van der Waals surface area contributed by atoms with Crippen LogP contribution in [0.3, 0.4) is 0 Å². The van der Waals surface area contributed by atoms with E-state index < -0.39 is 6.17 Å². The molecule has 2 amide bonds. The number of rotatable bonds is 4. The lowest BCUT2D eigenvalue weighted by Gasteiger charge is -2.31. The summed E-state index contributed by atoms with van der Waals surface area (Å²) in [4.78, 5) is 32.7. The first-order valence-corrected chi connectivity index (χ1v) is 8.94. The Morgan fingerprint density at radius 3 is 2.46 bits per heavy atom. The zero-order chi connectivity index (χ0) is 18.8. The zero-order valence-corrected chi connectivity index (χ0v) is 15.9. The van der Waals surface area contributed by atoms with Crippen LogP contribution in [0.25, 0.3) is 0 Å². The highest BCUT2D eigenvalue weighted by atomic mass is 35.5. The fourth-order valence-corrected chi connectivity index (χ4v) is 3.35. The van der Waals surface area contributed by atoms with E-state index in [1.807, 2.05) is 19.9 Å². The van der Waals surface area contributed by atoms with E-state index in [0.717, 1.165) is 0 Å². The quantitative estimate of drug-likeness (QED) is 0.778. The van der Waals surface area contributed by atoms with Crippen LogP contribution in [0.1, 0.15) is 35.9 Å². The molecule has 2 aromatic carbocycles. The molecule has 0 radical (unpaired) electrons. The molecule has 1 aliphatic rings. The van der Waals surface area contributed by atoms with Crippen LogP contribution in [0.5, 0.6) is 0 Å². The standard InChI is InChI=1S/C19H18Cl2N2O3/c1-12(2)26-23-17(24)11-22(19(25)13-6-4-3-5-7-13)18(23)15-9-8-14(20)10-16(15)21/h3-10,12,18H,11H2,1-2H3/t18-/m0/s1. The van der Waals surface area contributed by atoms with E-state index in [2.05, 4.69) is 0 Å². The number of amides is 2. The molecule has 2 aromatic rings. The van der Waals surface area contributed by atoms with Crippen molar-refractivity contribution in [2.45, 2.75) is 26.1 Å². The second-order valence-electron chi connectivity index (χ2n) is 6.21. The minimum Gasteiger partial charge on any atom is -0.302 e. The second-order valence-corrected chi connectivity index (χ2v) is 7.06. The van der Waals surface area contributed by atoms with E-state index in [1.165, 1.54) is 9.96 Å². The van der Waals surface area contributed by atoms with Gasteiger partial charge in [-0.05, 0) is 38.1 Å². The number of hydroxylamine groups is 2. The fourth-order valence-electron chi connectivity index (χ4n) is 2.84. The van der Waals surface area contributed by atoms with Crippen molar-refractivity contribution in [1.82, 2.24) is 9.96 Å². The smallest absolute Gasteiger partial charge is 0.268 e. The Labute approximate surface area is 162 Å². The molecular formula is C19H18Cl2N2O3. The van der Waals surface area contributed by atoms with E-state index >= 15 is 0 Å². The molecule has 0 spiro atoms. The van der Waals surface area contributed by atoms with Crippen molar-refractivity contribution in [2.75, 3.05) is 6.54 Å². The maximum Gasteiger partial charge on any atom is 0.268 e. The summed E-state index contributed by atoms with van der Waals surface area (Å²) >= 11 is 12.4. The molecule has 1 atom stereocenters. The highest BCUT2D eigenvalue weighted by Gasteiger charge is 2.44. The van der Waals surface area contributed by atoms with Crippen molar-refractivity contribution >= 4 is 35.0 Å². The van der Waals surface area contributed by atoms with Crippen LogP contribution in [0.15, 0.2) is 48.5 Å². The number of hydrogen-bond donors (Lipinski definition) is 0. The van der Waals surface area contributed by atoms with Gasteiger partial charge in [0.05, 0.1) is 6.10 Å². The summed E-state index contributed by atoms with van der Waals surface area (Å²) in [6.45, 7) is 3.54. The van der Waals surface area contributed by atoms with E-state index in [9.17, 15) is 9.59 Å². The second kappa shape index (κ2) is 7.66. The van der Waals surface area contributed by atoms with Gasteiger partial charge in [-0.25, -0.2) is 0 Å². The van der Waals surface area contributed by atoms with Gasteiger partial charge in [0.25, 0.3) is 11.8 Å². The lowest BCUT2D eigenvalue weighted by molar-refractivity contribution is -0.212. The molecule has 3 rings (SSSR count). The van der Waals surface area contributed by atoms with Crippen molar-refractivity contribution in [3.05, 3.63) is 69.7 Å². The molecular weight excluding hydrogens is 375 g/mol. The third-order valence-electron chi connectivity index (χ3n) is 3.92. The van der Waals surface area contributed by atoms with E-state index in [4.69, 9.17) is 28.0 Å². The summed E-state index contributed by atoms with van der Waals surface area (Å²) in [6.07, 6.45) is -0.998. The Kier molecular flexibility index (Phi) is 5.51. The molecule has 1 fully saturated rings. The molecule has 1 saturated heterocycles. The van der Waals surface area contributed by atoms with Gasteiger partial charge in [-0.1, -0.05) is 47.5 Å². The highest BCUT2D eigenvalue weighted by molar-refractivity contribution is 6.35. The molecule has 0 N–H and O–H groups in total. The van der Waals surface area contributed by atoms with Crippen LogP contribution in [0.2, 0.25) is 10.0 Å². The van der Waals surface area contributed by atoms with Crippen molar-refractivity contribution < 1.29 is 14.4 Å². The first-order chi connectivity index (χ1) is 12.4. The molecule has 0 saturated carbocycles. The third-order valence-corrected chi connectivity index (χ3v) is 4.48. The van der Waals surface area contributed by atoms with Gasteiger partial charge in [0.2, 0.25) is 0 Å². The zero-order valence-electron chi connectivity index (χ0n) is 14.4. The van der Waals surface area contributed by atoms with Crippen LogP contribution >= 0.6 is 23.2 Å². The van der Waals surface area contributed by atoms with Gasteiger partial charge < -0.3 is 4.90 Å². The summed E-state index contributed by atoms with van der Waals surface area (Å²) in [6, 6.07) is 13.8. The summed E-state index contributed by atoms with van der Waals surface area (Å²) in [5.41, 5.74) is 1.06. The first-order valence-electron chi connectivity index (χ1n) is 8.18. The molecule has 136 valence electrons. The van der Waals surface area contributed by atoms with Gasteiger partial charge >= 0.3 is 0 Å². The first kappa shape index (κ1) is 18.7. The van der Waals surface area contributed by atoms with Gasteiger partial charge in [0.15, 0.2) is 6.17 Å². The molecule has 0 aromatic heterocycles. The minimum absolute atomic E-state index is 0.0932. The van der Waals surface area contributed by atoms with Gasteiger partial charge in [0, 0.05) is 21.2 Å². The van der Waals surface area contributed by atoms with Crippen LogP contribution in [0, 0.1) is 0 Å². The normalized spacial score (nSPS) is 17.3. The van der Waals surface area contributed by atoms with E-state index in [0.29, 0.717) is 21.2 Å². The van der Waals surface area contributed by atoms with Crippen molar-refractivity contribution in [3.63, 3.8) is 0 Å². The van der Waals surface area contributed by atoms with Crippen molar-refractivity contribution in [1.29, 1.82) is 0 Å². The van der Waals surface area contributed by atoms with Crippen LogP contribution < -0.4 is 0 Å². The SMILES string of the molecule is CC(C)ON1C(=O)CN(C(=O)c2ccccc2)[C@@H]1c1ccc(Cl)cc1Cl. The summed E-state index contributed by atoms with van der Waals surface area (Å²) in [5, 5.41) is 2.06. The van der Waals surface area contributed by atoms with Gasteiger partial charge in [-0.2, -0.15) is 5.06 Å². The number of nitrogens with zero attached hydrogens (tertiary/aromatic N) is 2. The molecule has 0 bridgehead atoms. The topological polar surface area (TPSA) is 49.9 Å². The highest BCUT2D eigenvalue weighted by Crippen LogP contribution is 2.37. The summed E-state index contributed by atoms with van der Waals surface area (Å²) < 4.78 is 0. The lowest BCUT2D eigenvalue weighted by atomic mass is 10.1. The molecule has 5 nitrogen and oxygen atoms in total. The van der Waals surface area contributed by atoms with Gasteiger partial charge in [-0.15, -0.1) is 0 Å². The van der Waals surface area contributed by atoms with Crippen LogP contribution in [-0.2, 0) is 9.63 Å². The van der Waals surface area contributed by atoms with E-state index in [-0.39, 0.29) is 24.5 Å². The number of carbonyl (C=O) groups excluding carboxylic acids is 2. The average molecular weight is 393 g/mol. The predicted octanol–water partition coefficient (Wildman–Crippen LogP) is 4.32. The minimum atomic E-state index is -0.762. The number of benzene rings is 2. The van der Waals surface area contributed by atoms with E-state index in [1.54, 1.807) is 42.5 Å². The third kappa shape index (κ3) is 3.70. The Hall–Kier alpha value is -2.08. The summed E-state index contributed by atoms with van der Waals surface area (Å²) in [7, 11) is 0. The number of halogens is 2. The molecule has 0 unspecified atom stereocenters. The van der Waals surface area contributed by atoms with Gasteiger partial charge in [-0.3, -0.25) is 14.4 Å². The van der Waals surface area contributed by atoms with Crippen LogP contribution in [-0.4, -0.2) is 34.4 Å². The lowest BCUT2D eigenvalue weighted by Crippen LogP contribution is -2.37. The largest absolute Gasteiger partial charge is 0.302 e. The predicted molar refractivity (Wildman–Crippen MR) is 99.7 cm³/mol. The number of carbonyl (C=O) groups is 2. The Bertz CT molecular complexity index is 827. The maximum atomic E-state index is 13.0. The van der Waals surface area contributed by atoms with Crippen molar-refractivity contribution in [2.24, 2.45) is 0 Å². The maximum absolute atomic E-state index is 13.0. The molecule has 1 heterocycles. The monoisotopic (exact) mass is 392 g/mol.